The van der Waals surface area contributed by atoms with Crippen molar-refractivity contribution in [2.24, 2.45) is 0 Å². The number of aromatic nitrogens is 2. The topological polar surface area (TPSA) is 86.5 Å². The van der Waals surface area contributed by atoms with Crippen LogP contribution in [-0.2, 0) is 17.8 Å². The van der Waals surface area contributed by atoms with Crippen LogP contribution in [0.1, 0.15) is 17.0 Å². The van der Waals surface area contributed by atoms with Gasteiger partial charge in [-0.2, -0.15) is 4.98 Å². The number of carbonyl (C=O) groups excluding carboxylic acids is 1. The lowest BCUT2D eigenvalue weighted by atomic mass is 10.1. The average Bonchev–Trinajstić information content (AvgIpc) is 3.29. The summed E-state index contributed by atoms with van der Waals surface area (Å²) in [5, 5.41) is 6.80. The van der Waals surface area contributed by atoms with Crippen molar-refractivity contribution in [3.05, 3.63) is 59.5 Å². The number of carbonyl (C=O) groups is 1. The Bertz CT molecular complexity index is 951. The molecule has 0 spiro atoms. The SMILES string of the molecule is Cc1ccccc1-c1noc(CC(=O)NCc2ccc3c(c2)OCO3)n1. The molecule has 1 aliphatic rings. The average molecular weight is 351 g/mol. The number of hydrogen-bond acceptors (Lipinski definition) is 6. The quantitative estimate of drug-likeness (QED) is 0.760. The van der Waals surface area contributed by atoms with Gasteiger partial charge < -0.3 is 19.3 Å². The third-order valence-corrected chi connectivity index (χ3v) is 4.09. The van der Waals surface area contributed by atoms with Crippen molar-refractivity contribution >= 4 is 5.91 Å². The van der Waals surface area contributed by atoms with Crippen molar-refractivity contribution < 1.29 is 18.8 Å². The number of ether oxygens (including phenoxy) is 2. The van der Waals surface area contributed by atoms with E-state index in [1.54, 1.807) is 0 Å². The second-order valence-electron chi connectivity index (χ2n) is 5.97. The highest BCUT2D eigenvalue weighted by Gasteiger charge is 2.15. The highest BCUT2D eigenvalue weighted by Crippen LogP contribution is 2.32. The predicted octanol–water partition coefficient (Wildman–Crippen LogP) is 2.63. The first-order chi connectivity index (χ1) is 12.7. The molecule has 7 heteroatoms. The maximum Gasteiger partial charge on any atom is 0.236 e. The Morgan fingerprint density at radius 1 is 1.15 bits per heavy atom. The Morgan fingerprint density at radius 2 is 2.00 bits per heavy atom. The Labute approximate surface area is 149 Å². The number of benzene rings is 2. The molecule has 0 atom stereocenters. The van der Waals surface area contributed by atoms with Crippen LogP contribution in [0.4, 0.5) is 0 Å². The standard InChI is InChI=1S/C19H17N3O4/c1-12-4-2-3-5-14(12)19-21-18(26-22-19)9-17(23)20-10-13-6-7-15-16(8-13)25-11-24-15/h2-8H,9-11H2,1H3,(H,20,23). The molecule has 0 unspecified atom stereocenters. The van der Waals surface area contributed by atoms with E-state index in [0.29, 0.717) is 18.1 Å². The largest absolute Gasteiger partial charge is 0.454 e. The summed E-state index contributed by atoms with van der Waals surface area (Å²) in [6, 6.07) is 13.3. The summed E-state index contributed by atoms with van der Waals surface area (Å²) in [5.41, 5.74) is 2.86. The fourth-order valence-electron chi connectivity index (χ4n) is 2.71. The van der Waals surface area contributed by atoms with Crippen molar-refractivity contribution in [1.82, 2.24) is 15.5 Å². The molecule has 1 aromatic heterocycles. The molecule has 3 aromatic rings. The molecule has 0 radical (unpaired) electrons. The number of aryl methyl sites for hydroxylation is 1. The third kappa shape index (κ3) is 3.37. The summed E-state index contributed by atoms with van der Waals surface area (Å²) >= 11 is 0. The molecule has 2 heterocycles. The van der Waals surface area contributed by atoms with E-state index in [9.17, 15) is 4.79 Å². The minimum Gasteiger partial charge on any atom is -0.454 e. The van der Waals surface area contributed by atoms with Gasteiger partial charge in [-0.15, -0.1) is 0 Å². The molecule has 7 nitrogen and oxygen atoms in total. The first-order valence-electron chi connectivity index (χ1n) is 8.23. The molecule has 0 saturated carbocycles. The second-order valence-corrected chi connectivity index (χ2v) is 5.97. The minimum absolute atomic E-state index is 0.0312. The molecule has 0 aliphatic carbocycles. The van der Waals surface area contributed by atoms with E-state index in [4.69, 9.17) is 14.0 Å². The van der Waals surface area contributed by atoms with E-state index in [2.05, 4.69) is 15.5 Å². The zero-order chi connectivity index (χ0) is 17.9. The molecule has 1 amide bonds. The van der Waals surface area contributed by atoms with Gasteiger partial charge in [0.25, 0.3) is 0 Å². The van der Waals surface area contributed by atoms with Crippen LogP contribution in [0, 0.1) is 6.92 Å². The molecule has 4 rings (SSSR count). The van der Waals surface area contributed by atoms with Crippen LogP contribution >= 0.6 is 0 Å². The molecule has 2 aromatic carbocycles. The van der Waals surface area contributed by atoms with Gasteiger partial charge in [0.05, 0.1) is 0 Å². The smallest absolute Gasteiger partial charge is 0.236 e. The Kier molecular flexibility index (Phi) is 4.27. The van der Waals surface area contributed by atoms with Crippen LogP contribution in [-0.4, -0.2) is 22.8 Å². The minimum atomic E-state index is -0.192. The van der Waals surface area contributed by atoms with E-state index in [1.165, 1.54) is 0 Å². The van der Waals surface area contributed by atoms with E-state index in [1.807, 2.05) is 49.4 Å². The fourth-order valence-corrected chi connectivity index (χ4v) is 2.71. The van der Waals surface area contributed by atoms with Gasteiger partial charge in [-0.25, -0.2) is 0 Å². The van der Waals surface area contributed by atoms with Crippen LogP contribution in [0.5, 0.6) is 11.5 Å². The van der Waals surface area contributed by atoms with Gasteiger partial charge >= 0.3 is 0 Å². The van der Waals surface area contributed by atoms with Gasteiger partial charge in [-0.3, -0.25) is 4.79 Å². The molecule has 132 valence electrons. The van der Waals surface area contributed by atoms with Crippen LogP contribution in [0.2, 0.25) is 0 Å². The van der Waals surface area contributed by atoms with Crippen LogP contribution in [0.3, 0.4) is 0 Å². The highest BCUT2D eigenvalue weighted by atomic mass is 16.7. The molecule has 1 aliphatic heterocycles. The number of amides is 1. The van der Waals surface area contributed by atoms with Crippen molar-refractivity contribution in [2.45, 2.75) is 19.9 Å². The summed E-state index contributed by atoms with van der Waals surface area (Å²) < 4.78 is 15.8. The van der Waals surface area contributed by atoms with Gasteiger partial charge in [0.15, 0.2) is 11.5 Å². The molecule has 0 fully saturated rings. The monoisotopic (exact) mass is 351 g/mol. The van der Waals surface area contributed by atoms with Crippen LogP contribution in [0.25, 0.3) is 11.4 Å². The Balaban J connectivity index is 1.36. The molecule has 26 heavy (non-hydrogen) atoms. The summed E-state index contributed by atoms with van der Waals surface area (Å²) in [6.45, 7) is 2.59. The second kappa shape index (κ2) is 6.87. The number of nitrogens with zero attached hydrogens (tertiary/aromatic N) is 2. The number of hydrogen-bond donors (Lipinski definition) is 1. The number of nitrogens with one attached hydrogen (secondary N) is 1. The van der Waals surface area contributed by atoms with Gasteiger partial charge in [0, 0.05) is 12.1 Å². The molecular weight excluding hydrogens is 334 g/mol. The first-order valence-corrected chi connectivity index (χ1v) is 8.23. The van der Waals surface area contributed by atoms with Crippen LogP contribution in [0.15, 0.2) is 47.0 Å². The maximum absolute atomic E-state index is 12.1. The van der Waals surface area contributed by atoms with Crippen molar-refractivity contribution in [1.29, 1.82) is 0 Å². The maximum atomic E-state index is 12.1. The molecule has 0 bridgehead atoms. The van der Waals surface area contributed by atoms with Crippen molar-refractivity contribution in [3.8, 4) is 22.9 Å². The third-order valence-electron chi connectivity index (χ3n) is 4.09. The van der Waals surface area contributed by atoms with E-state index < -0.39 is 0 Å². The lowest BCUT2D eigenvalue weighted by Gasteiger charge is -2.05. The van der Waals surface area contributed by atoms with E-state index >= 15 is 0 Å². The Hall–Kier alpha value is -3.35. The Morgan fingerprint density at radius 3 is 2.88 bits per heavy atom. The van der Waals surface area contributed by atoms with Crippen molar-refractivity contribution in [2.75, 3.05) is 6.79 Å². The molecule has 0 saturated heterocycles. The predicted molar refractivity (Wildman–Crippen MR) is 92.6 cm³/mol. The summed E-state index contributed by atoms with van der Waals surface area (Å²) in [5.74, 6) is 1.99. The summed E-state index contributed by atoms with van der Waals surface area (Å²) in [6.07, 6.45) is 0.0312. The van der Waals surface area contributed by atoms with Crippen molar-refractivity contribution in [3.63, 3.8) is 0 Å². The molecular formula is C19H17N3O4. The lowest BCUT2D eigenvalue weighted by Crippen LogP contribution is -2.24. The fraction of sp³-hybridized carbons (Fsp3) is 0.211. The van der Waals surface area contributed by atoms with E-state index in [-0.39, 0.29) is 25.0 Å². The van der Waals surface area contributed by atoms with Gasteiger partial charge in [-0.1, -0.05) is 35.5 Å². The van der Waals surface area contributed by atoms with E-state index in [0.717, 1.165) is 22.4 Å². The van der Waals surface area contributed by atoms with Crippen LogP contribution < -0.4 is 14.8 Å². The zero-order valence-corrected chi connectivity index (χ0v) is 14.2. The van der Waals surface area contributed by atoms with Gasteiger partial charge in [0.1, 0.15) is 6.42 Å². The zero-order valence-electron chi connectivity index (χ0n) is 14.2. The molecule has 1 N–H and O–H groups in total. The summed E-state index contributed by atoms with van der Waals surface area (Å²) in [7, 11) is 0. The first kappa shape index (κ1) is 16.1. The normalized spacial score (nSPS) is 12.2. The van der Waals surface area contributed by atoms with Gasteiger partial charge in [0.2, 0.25) is 24.4 Å². The number of rotatable bonds is 5. The lowest BCUT2D eigenvalue weighted by molar-refractivity contribution is -0.120. The highest BCUT2D eigenvalue weighted by molar-refractivity contribution is 5.77. The van der Waals surface area contributed by atoms with Gasteiger partial charge in [-0.05, 0) is 30.2 Å². The number of fused-ring (bicyclic) bond motifs is 1. The summed E-state index contributed by atoms with van der Waals surface area (Å²) in [4.78, 5) is 16.4.